The maximum Gasteiger partial charge on any atom is 0.314 e. The van der Waals surface area contributed by atoms with Gasteiger partial charge in [-0.25, -0.2) is 0 Å². The van der Waals surface area contributed by atoms with Crippen molar-refractivity contribution >= 4 is 5.97 Å². The van der Waals surface area contributed by atoms with E-state index in [4.69, 9.17) is 0 Å². The van der Waals surface area contributed by atoms with E-state index in [2.05, 4.69) is 24.1 Å². The summed E-state index contributed by atoms with van der Waals surface area (Å²) >= 11 is 0. The van der Waals surface area contributed by atoms with Gasteiger partial charge < -0.3 is 10.0 Å². The van der Waals surface area contributed by atoms with Gasteiger partial charge in [-0.2, -0.15) is 0 Å². The predicted molar refractivity (Wildman–Crippen MR) is 76.6 cm³/mol. The molecule has 0 bridgehead atoms. The summed E-state index contributed by atoms with van der Waals surface area (Å²) < 4.78 is 0. The minimum atomic E-state index is -0.707. The van der Waals surface area contributed by atoms with E-state index in [1.54, 1.807) is 0 Å². The minimum absolute atomic E-state index is 0.670. The molecule has 0 aliphatic carbocycles. The Bertz CT molecular complexity index is 484. The number of carboxylic acid groups (broad SMARTS) is 1. The summed E-state index contributed by atoms with van der Waals surface area (Å²) in [5.41, 5.74) is 2.53. The van der Waals surface area contributed by atoms with Crippen molar-refractivity contribution in [2.24, 2.45) is 0 Å². The summed E-state index contributed by atoms with van der Waals surface area (Å²) in [6, 6.07) is 6.16. The van der Waals surface area contributed by atoms with Gasteiger partial charge in [0, 0.05) is 0 Å². The van der Waals surface area contributed by atoms with Gasteiger partial charge in [0.2, 0.25) is 0 Å². The van der Waals surface area contributed by atoms with Crippen molar-refractivity contribution in [2.75, 3.05) is 20.1 Å². The zero-order chi connectivity index (χ0) is 14.0. The van der Waals surface area contributed by atoms with E-state index >= 15 is 0 Å². The monoisotopic (exact) mass is 261 g/mol. The van der Waals surface area contributed by atoms with Gasteiger partial charge in [0.25, 0.3) is 0 Å². The second kappa shape index (κ2) is 5.33. The molecule has 0 aromatic heterocycles. The van der Waals surface area contributed by atoms with Crippen LogP contribution in [0.2, 0.25) is 0 Å². The lowest BCUT2D eigenvalue weighted by atomic mass is 9.72. The van der Waals surface area contributed by atoms with Gasteiger partial charge in [0.1, 0.15) is 0 Å². The van der Waals surface area contributed by atoms with Crippen molar-refractivity contribution in [3.63, 3.8) is 0 Å². The van der Waals surface area contributed by atoms with Crippen LogP contribution in [-0.4, -0.2) is 36.1 Å². The molecule has 19 heavy (non-hydrogen) atoms. The highest BCUT2D eigenvalue weighted by atomic mass is 16.4. The highest BCUT2D eigenvalue weighted by molar-refractivity contribution is 5.82. The summed E-state index contributed by atoms with van der Waals surface area (Å²) in [7, 11) is 2.07. The van der Waals surface area contributed by atoms with E-state index in [-0.39, 0.29) is 0 Å². The molecule has 2 rings (SSSR count). The average Bonchev–Trinajstić information content (AvgIpc) is 2.55. The Hall–Kier alpha value is -1.35. The first kappa shape index (κ1) is 14.1. The number of aliphatic carboxylic acids is 1. The van der Waals surface area contributed by atoms with Crippen molar-refractivity contribution in [1.29, 1.82) is 0 Å². The lowest BCUT2D eigenvalue weighted by molar-refractivity contribution is -0.144. The highest BCUT2D eigenvalue weighted by Gasteiger charge is 2.42. The summed E-state index contributed by atoms with van der Waals surface area (Å²) in [5, 5.41) is 9.85. The second-order valence-corrected chi connectivity index (χ2v) is 5.86. The van der Waals surface area contributed by atoms with Crippen LogP contribution in [0.5, 0.6) is 0 Å². The minimum Gasteiger partial charge on any atom is -0.481 e. The van der Waals surface area contributed by atoms with Gasteiger partial charge in [-0.15, -0.1) is 0 Å². The SMILES string of the molecule is Cc1ccc(C)c(C2(C(=O)O)CCCN(C)CC2)c1. The third-order valence-electron chi connectivity index (χ3n) is 4.38. The third-order valence-corrected chi connectivity index (χ3v) is 4.38. The van der Waals surface area contributed by atoms with Crippen molar-refractivity contribution in [2.45, 2.75) is 38.5 Å². The Labute approximate surface area is 115 Å². The highest BCUT2D eigenvalue weighted by Crippen LogP contribution is 2.37. The molecule has 0 spiro atoms. The zero-order valence-corrected chi connectivity index (χ0v) is 12.1. The van der Waals surface area contributed by atoms with Crippen molar-refractivity contribution in [3.8, 4) is 0 Å². The normalized spacial score (nSPS) is 25.0. The molecule has 1 aromatic rings. The summed E-state index contributed by atoms with van der Waals surface area (Å²) in [5.74, 6) is -0.670. The Kier molecular flexibility index (Phi) is 3.95. The van der Waals surface area contributed by atoms with E-state index in [9.17, 15) is 9.90 Å². The van der Waals surface area contributed by atoms with Gasteiger partial charge in [0.05, 0.1) is 5.41 Å². The maximum absolute atomic E-state index is 12.0. The van der Waals surface area contributed by atoms with Gasteiger partial charge in [0.15, 0.2) is 0 Å². The van der Waals surface area contributed by atoms with Crippen molar-refractivity contribution < 1.29 is 9.90 Å². The van der Waals surface area contributed by atoms with Crippen LogP contribution in [-0.2, 0) is 10.2 Å². The number of carbonyl (C=O) groups is 1. The summed E-state index contributed by atoms with van der Waals surface area (Å²) in [6.07, 6.45) is 2.37. The number of rotatable bonds is 2. The first-order valence-corrected chi connectivity index (χ1v) is 6.95. The quantitative estimate of drug-likeness (QED) is 0.890. The first-order valence-electron chi connectivity index (χ1n) is 6.95. The number of carboxylic acids is 1. The number of aryl methyl sites for hydroxylation is 2. The largest absolute Gasteiger partial charge is 0.481 e. The number of likely N-dealkylation sites (tertiary alicyclic amines) is 1. The molecule has 1 atom stereocenters. The standard InChI is InChI=1S/C16H23NO2/c1-12-5-6-13(2)14(11-12)16(15(18)19)7-4-9-17(3)10-8-16/h5-6,11H,4,7-10H2,1-3H3,(H,18,19). The molecule has 1 heterocycles. The zero-order valence-electron chi connectivity index (χ0n) is 12.1. The van der Waals surface area contributed by atoms with Gasteiger partial charge >= 0.3 is 5.97 Å². The number of hydrogen-bond acceptors (Lipinski definition) is 2. The summed E-state index contributed by atoms with van der Waals surface area (Å²) in [6.45, 7) is 5.88. The molecule has 1 aliphatic heterocycles. The Morgan fingerprint density at radius 2 is 2.00 bits per heavy atom. The van der Waals surface area contributed by atoms with E-state index in [1.165, 1.54) is 0 Å². The second-order valence-electron chi connectivity index (χ2n) is 5.86. The average molecular weight is 261 g/mol. The molecule has 1 unspecified atom stereocenters. The molecule has 1 aliphatic rings. The topological polar surface area (TPSA) is 40.5 Å². The van der Waals surface area contributed by atoms with Crippen LogP contribution in [0.25, 0.3) is 0 Å². The number of benzene rings is 1. The van der Waals surface area contributed by atoms with Crippen LogP contribution in [0.1, 0.15) is 36.0 Å². The fraction of sp³-hybridized carbons (Fsp3) is 0.562. The van der Waals surface area contributed by atoms with Crippen LogP contribution >= 0.6 is 0 Å². The molecule has 0 saturated carbocycles. The van der Waals surface area contributed by atoms with Crippen LogP contribution in [0.15, 0.2) is 18.2 Å². The van der Waals surface area contributed by atoms with Crippen LogP contribution in [0, 0.1) is 13.8 Å². The molecule has 1 fully saturated rings. The van der Waals surface area contributed by atoms with Crippen LogP contribution < -0.4 is 0 Å². The molecule has 1 N–H and O–H groups in total. The molecular weight excluding hydrogens is 238 g/mol. The molecular formula is C16H23NO2. The van der Waals surface area contributed by atoms with Gasteiger partial charge in [-0.1, -0.05) is 23.8 Å². The Morgan fingerprint density at radius 3 is 2.68 bits per heavy atom. The van der Waals surface area contributed by atoms with E-state index in [0.717, 1.165) is 42.6 Å². The third kappa shape index (κ3) is 2.66. The molecule has 1 saturated heterocycles. The van der Waals surface area contributed by atoms with Crippen LogP contribution in [0.3, 0.4) is 0 Å². The molecule has 0 amide bonds. The maximum atomic E-state index is 12.0. The molecule has 3 heteroatoms. The molecule has 0 radical (unpaired) electrons. The summed E-state index contributed by atoms with van der Waals surface area (Å²) in [4.78, 5) is 14.2. The number of hydrogen-bond donors (Lipinski definition) is 1. The lowest BCUT2D eigenvalue weighted by Gasteiger charge is -2.30. The van der Waals surface area contributed by atoms with Crippen LogP contribution in [0.4, 0.5) is 0 Å². The molecule has 104 valence electrons. The predicted octanol–water partition coefficient (Wildman–Crippen LogP) is 2.74. The van der Waals surface area contributed by atoms with Gasteiger partial charge in [-0.3, -0.25) is 4.79 Å². The van der Waals surface area contributed by atoms with E-state index < -0.39 is 11.4 Å². The number of nitrogens with zero attached hydrogens (tertiary/aromatic N) is 1. The Morgan fingerprint density at radius 1 is 1.26 bits per heavy atom. The van der Waals surface area contributed by atoms with E-state index in [0.29, 0.717) is 6.42 Å². The Balaban J connectivity index is 2.49. The molecule has 3 nitrogen and oxygen atoms in total. The fourth-order valence-corrected chi connectivity index (χ4v) is 3.12. The van der Waals surface area contributed by atoms with Crippen molar-refractivity contribution in [1.82, 2.24) is 4.90 Å². The van der Waals surface area contributed by atoms with E-state index in [1.807, 2.05) is 19.9 Å². The fourth-order valence-electron chi connectivity index (χ4n) is 3.12. The lowest BCUT2D eigenvalue weighted by Crippen LogP contribution is -2.37. The van der Waals surface area contributed by atoms with Crippen molar-refractivity contribution in [3.05, 3.63) is 34.9 Å². The smallest absolute Gasteiger partial charge is 0.314 e. The first-order chi connectivity index (χ1) is 8.95. The van der Waals surface area contributed by atoms with Gasteiger partial charge in [-0.05, 0) is 64.4 Å². The molecule has 1 aromatic carbocycles.